The summed E-state index contributed by atoms with van der Waals surface area (Å²) in [6.45, 7) is 9.98. The molecule has 1 aromatic rings. The molecule has 0 atom stereocenters. The molecule has 1 aliphatic heterocycles. The Hall–Kier alpha value is -0.900. The minimum Gasteiger partial charge on any atom is -0.380 e. The zero-order valence-corrected chi connectivity index (χ0v) is 13.8. The summed E-state index contributed by atoms with van der Waals surface area (Å²) in [6, 6.07) is 9.35. The third-order valence-electron chi connectivity index (χ3n) is 4.11. The summed E-state index contributed by atoms with van der Waals surface area (Å²) in [5.74, 6) is 0.776. The number of nitrogens with one attached hydrogen (secondary N) is 1. The monoisotopic (exact) mass is 290 g/mol. The van der Waals surface area contributed by atoms with Gasteiger partial charge in [0.1, 0.15) is 0 Å². The first kappa shape index (κ1) is 16.5. The van der Waals surface area contributed by atoms with Gasteiger partial charge in [-0.1, -0.05) is 38.1 Å². The Morgan fingerprint density at radius 3 is 2.62 bits per heavy atom. The van der Waals surface area contributed by atoms with E-state index in [1.54, 1.807) is 7.11 Å². The van der Waals surface area contributed by atoms with Gasteiger partial charge in [0.25, 0.3) is 0 Å². The second-order valence-electron chi connectivity index (χ2n) is 6.60. The van der Waals surface area contributed by atoms with Crippen LogP contribution >= 0.6 is 0 Å². The smallest absolute Gasteiger partial charge is 0.0713 e. The highest BCUT2D eigenvalue weighted by Gasteiger charge is 2.18. The van der Waals surface area contributed by atoms with Gasteiger partial charge in [-0.15, -0.1) is 0 Å². The molecule has 0 unspecified atom stereocenters. The largest absolute Gasteiger partial charge is 0.380 e. The van der Waals surface area contributed by atoms with E-state index in [9.17, 15) is 0 Å². The van der Waals surface area contributed by atoms with E-state index in [0.29, 0.717) is 12.6 Å². The number of methoxy groups -OCH3 is 1. The van der Waals surface area contributed by atoms with Gasteiger partial charge in [0.05, 0.1) is 6.61 Å². The second-order valence-corrected chi connectivity index (χ2v) is 6.60. The summed E-state index contributed by atoms with van der Waals surface area (Å²) < 4.78 is 5.19. The maximum atomic E-state index is 5.19. The molecule has 1 heterocycles. The summed E-state index contributed by atoms with van der Waals surface area (Å²) in [6.07, 6.45) is 2.54. The van der Waals surface area contributed by atoms with E-state index in [1.165, 1.54) is 43.6 Å². The first-order valence-electron chi connectivity index (χ1n) is 8.20. The normalized spacial score (nSPS) is 17.5. The van der Waals surface area contributed by atoms with Gasteiger partial charge >= 0.3 is 0 Å². The fraction of sp³-hybridized carbons (Fsp3) is 0.667. The maximum absolute atomic E-state index is 5.19. The van der Waals surface area contributed by atoms with Crippen LogP contribution in [0.2, 0.25) is 0 Å². The molecule has 1 fully saturated rings. The molecule has 1 N–H and O–H groups in total. The Kier molecular flexibility index (Phi) is 6.68. The van der Waals surface area contributed by atoms with Gasteiger partial charge in [-0.05, 0) is 43.0 Å². The third kappa shape index (κ3) is 5.77. The summed E-state index contributed by atoms with van der Waals surface area (Å²) in [5.41, 5.74) is 2.61. The van der Waals surface area contributed by atoms with Crippen LogP contribution in [0.3, 0.4) is 0 Å². The molecule has 0 saturated carbocycles. The lowest BCUT2D eigenvalue weighted by Crippen LogP contribution is -2.43. The SMILES string of the molecule is COCc1cccc(CNC2CCN(CC(C)C)CC2)c1. The molecule has 0 radical (unpaired) electrons. The number of hydrogen-bond acceptors (Lipinski definition) is 3. The molecule has 2 rings (SSSR count). The summed E-state index contributed by atoms with van der Waals surface area (Å²) in [4.78, 5) is 2.60. The Balaban J connectivity index is 1.73. The maximum Gasteiger partial charge on any atom is 0.0713 e. The average Bonchev–Trinajstić information content (AvgIpc) is 2.47. The number of rotatable bonds is 7. The fourth-order valence-corrected chi connectivity index (χ4v) is 3.09. The highest BCUT2D eigenvalue weighted by molar-refractivity contribution is 5.22. The molecular weight excluding hydrogens is 260 g/mol. The van der Waals surface area contributed by atoms with Crippen molar-refractivity contribution >= 4 is 0 Å². The molecule has 1 saturated heterocycles. The highest BCUT2D eigenvalue weighted by Crippen LogP contribution is 2.13. The quantitative estimate of drug-likeness (QED) is 0.835. The molecule has 0 spiro atoms. The number of piperidine rings is 1. The van der Waals surface area contributed by atoms with Crippen molar-refractivity contribution in [1.82, 2.24) is 10.2 Å². The van der Waals surface area contributed by atoms with Crippen LogP contribution in [0, 0.1) is 5.92 Å². The predicted molar refractivity (Wildman–Crippen MR) is 88.3 cm³/mol. The number of likely N-dealkylation sites (tertiary alicyclic amines) is 1. The zero-order chi connectivity index (χ0) is 15.1. The first-order chi connectivity index (χ1) is 10.2. The van der Waals surface area contributed by atoms with E-state index in [2.05, 4.69) is 48.3 Å². The number of hydrogen-bond donors (Lipinski definition) is 1. The van der Waals surface area contributed by atoms with Crippen molar-refractivity contribution in [2.75, 3.05) is 26.7 Å². The molecule has 0 bridgehead atoms. The van der Waals surface area contributed by atoms with Crippen LogP contribution in [-0.4, -0.2) is 37.7 Å². The molecule has 3 heteroatoms. The van der Waals surface area contributed by atoms with Crippen LogP contribution in [0.5, 0.6) is 0 Å². The van der Waals surface area contributed by atoms with Crippen LogP contribution in [0.4, 0.5) is 0 Å². The highest BCUT2D eigenvalue weighted by atomic mass is 16.5. The lowest BCUT2D eigenvalue weighted by atomic mass is 10.0. The lowest BCUT2D eigenvalue weighted by molar-refractivity contribution is 0.179. The number of ether oxygens (including phenoxy) is 1. The summed E-state index contributed by atoms with van der Waals surface area (Å²) >= 11 is 0. The second kappa shape index (κ2) is 8.52. The van der Waals surface area contributed by atoms with Crippen LogP contribution in [0.1, 0.15) is 37.8 Å². The van der Waals surface area contributed by atoms with Gasteiger partial charge in [-0.25, -0.2) is 0 Å². The van der Waals surface area contributed by atoms with Gasteiger partial charge < -0.3 is 15.0 Å². The summed E-state index contributed by atoms with van der Waals surface area (Å²) in [5, 5.41) is 3.71. The zero-order valence-electron chi connectivity index (χ0n) is 13.8. The van der Waals surface area contributed by atoms with Gasteiger partial charge in [0.15, 0.2) is 0 Å². The Morgan fingerprint density at radius 2 is 1.95 bits per heavy atom. The van der Waals surface area contributed by atoms with E-state index >= 15 is 0 Å². The molecule has 3 nitrogen and oxygen atoms in total. The Bertz CT molecular complexity index is 411. The van der Waals surface area contributed by atoms with Crippen LogP contribution in [0.25, 0.3) is 0 Å². The van der Waals surface area contributed by atoms with Crippen molar-refractivity contribution in [2.45, 2.75) is 45.9 Å². The van der Waals surface area contributed by atoms with E-state index in [1.807, 2.05) is 0 Å². The molecule has 0 amide bonds. The van der Waals surface area contributed by atoms with Crippen molar-refractivity contribution in [2.24, 2.45) is 5.92 Å². The van der Waals surface area contributed by atoms with E-state index in [0.717, 1.165) is 12.5 Å². The van der Waals surface area contributed by atoms with Crippen molar-refractivity contribution in [3.63, 3.8) is 0 Å². The summed E-state index contributed by atoms with van der Waals surface area (Å²) in [7, 11) is 1.75. The fourth-order valence-electron chi connectivity index (χ4n) is 3.09. The molecule has 1 aromatic carbocycles. The van der Waals surface area contributed by atoms with Gasteiger partial charge in [-0.2, -0.15) is 0 Å². The van der Waals surface area contributed by atoms with Gasteiger partial charge in [0.2, 0.25) is 0 Å². The predicted octanol–water partition coefficient (Wildman–Crippen LogP) is 3.04. The van der Waals surface area contributed by atoms with Crippen molar-refractivity contribution in [1.29, 1.82) is 0 Å². The van der Waals surface area contributed by atoms with Gasteiger partial charge in [0, 0.05) is 26.2 Å². The van der Waals surface area contributed by atoms with Crippen molar-refractivity contribution in [3.05, 3.63) is 35.4 Å². The third-order valence-corrected chi connectivity index (χ3v) is 4.11. The Labute approximate surface area is 129 Å². The van der Waals surface area contributed by atoms with Crippen molar-refractivity contribution < 1.29 is 4.74 Å². The minimum absolute atomic E-state index is 0.666. The van der Waals surface area contributed by atoms with Crippen molar-refractivity contribution in [3.8, 4) is 0 Å². The Morgan fingerprint density at radius 1 is 1.24 bits per heavy atom. The average molecular weight is 290 g/mol. The molecule has 1 aliphatic rings. The minimum atomic E-state index is 0.666. The van der Waals surface area contributed by atoms with Gasteiger partial charge in [-0.3, -0.25) is 0 Å². The van der Waals surface area contributed by atoms with Crippen LogP contribution in [-0.2, 0) is 17.9 Å². The lowest BCUT2D eigenvalue weighted by Gasteiger charge is -2.33. The molecule has 0 aliphatic carbocycles. The van der Waals surface area contributed by atoms with E-state index in [4.69, 9.17) is 4.74 Å². The van der Waals surface area contributed by atoms with Crippen LogP contribution in [0.15, 0.2) is 24.3 Å². The molecule has 0 aromatic heterocycles. The van der Waals surface area contributed by atoms with E-state index in [-0.39, 0.29) is 0 Å². The first-order valence-corrected chi connectivity index (χ1v) is 8.20. The van der Waals surface area contributed by atoms with Crippen LogP contribution < -0.4 is 5.32 Å². The molecular formula is C18H30N2O. The van der Waals surface area contributed by atoms with E-state index < -0.39 is 0 Å². The standard InChI is InChI=1S/C18H30N2O/c1-15(2)13-20-9-7-18(8-10-20)19-12-16-5-4-6-17(11-16)14-21-3/h4-6,11,15,18-19H,7-10,12-14H2,1-3H3. The number of benzene rings is 1. The molecule has 21 heavy (non-hydrogen) atoms. The molecule has 118 valence electrons. The number of nitrogens with zero attached hydrogens (tertiary/aromatic N) is 1. The topological polar surface area (TPSA) is 24.5 Å².